The number of nitrogens with zero attached hydrogens (tertiary/aromatic N) is 3. The maximum absolute atomic E-state index is 11.2. The number of carbonyl (C=O) groups is 1. The summed E-state index contributed by atoms with van der Waals surface area (Å²) in [5, 5.41) is 26.1. The molecule has 0 spiro atoms. The standard InChI is InChI=1S/C14H17N3O3/c1-9-4-3-5-11(6-9)7-12-13(14(19)20)15-16-17(12)8-10(2)18/h3-6,10,18H,7-8H2,1-2H3,(H,19,20). The van der Waals surface area contributed by atoms with E-state index in [2.05, 4.69) is 10.3 Å². The zero-order chi connectivity index (χ0) is 14.7. The van der Waals surface area contributed by atoms with Gasteiger partial charge in [0.15, 0.2) is 5.69 Å². The summed E-state index contributed by atoms with van der Waals surface area (Å²) in [6.45, 7) is 3.83. The molecule has 0 aliphatic rings. The van der Waals surface area contributed by atoms with Crippen molar-refractivity contribution < 1.29 is 15.0 Å². The summed E-state index contributed by atoms with van der Waals surface area (Å²) in [4.78, 5) is 11.2. The van der Waals surface area contributed by atoms with E-state index in [0.717, 1.165) is 11.1 Å². The second-order valence-corrected chi connectivity index (χ2v) is 4.89. The van der Waals surface area contributed by atoms with E-state index >= 15 is 0 Å². The molecule has 1 aromatic carbocycles. The minimum Gasteiger partial charge on any atom is -0.476 e. The number of rotatable bonds is 5. The van der Waals surface area contributed by atoms with E-state index in [1.165, 1.54) is 4.68 Å². The van der Waals surface area contributed by atoms with Crippen LogP contribution in [0.1, 0.15) is 34.2 Å². The highest BCUT2D eigenvalue weighted by molar-refractivity contribution is 5.86. The quantitative estimate of drug-likeness (QED) is 0.857. The zero-order valence-corrected chi connectivity index (χ0v) is 11.4. The lowest BCUT2D eigenvalue weighted by atomic mass is 10.1. The van der Waals surface area contributed by atoms with Crippen molar-refractivity contribution in [1.82, 2.24) is 15.0 Å². The average molecular weight is 275 g/mol. The molecule has 2 N–H and O–H groups in total. The highest BCUT2D eigenvalue weighted by Gasteiger charge is 2.19. The molecule has 2 rings (SSSR count). The van der Waals surface area contributed by atoms with Crippen LogP contribution in [0.15, 0.2) is 24.3 Å². The Morgan fingerprint density at radius 3 is 2.80 bits per heavy atom. The fourth-order valence-corrected chi connectivity index (χ4v) is 2.09. The fraction of sp³-hybridized carbons (Fsp3) is 0.357. The number of aryl methyl sites for hydroxylation is 1. The van der Waals surface area contributed by atoms with Crippen LogP contribution in [0.3, 0.4) is 0 Å². The Balaban J connectivity index is 2.37. The predicted octanol–water partition coefficient (Wildman–Crippen LogP) is 1.26. The Bertz CT molecular complexity index is 620. The van der Waals surface area contributed by atoms with Crippen LogP contribution >= 0.6 is 0 Å². The first-order chi connectivity index (χ1) is 9.47. The number of aromatic carboxylic acids is 1. The fourth-order valence-electron chi connectivity index (χ4n) is 2.09. The molecule has 1 heterocycles. The molecular formula is C14H17N3O3. The number of benzene rings is 1. The Morgan fingerprint density at radius 1 is 1.45 bits per heavy atom. The van der Waals surface area contributed by atoms with Gasteiger partial charge in [0.1, 0.15) is 0 Å². The topological polar surface area (TPSA) is 88.2 Å². The van der Waals surface area contributed by atoms with Crippen LogP contribution in [0.25, 0.3) is 0 Å². The molecule has 0 aliphatic heterocycles. The number of aliphatic hydroxyl groups is 1. The van der Waals surface area contributed by atoms with E-state index in [0.29, 0.717) is 12.1 Å². The predicted molar refractivity (Wildman–Crippen MR) is 72.6 cm³/mol. The van der Waals surface area contributed by atoms with Gasteiger partial charge in [-0.2, -0.15) is 0 Å². The van der Waals surface area contributed by atoms with Crippen molar-refractivity contribution in [1.29, 1.82) is 0 Å². The van der Waals surface area contributed by atoms with Crippen LogP contribution in [-0.4, -0.2) is 37.3 Å². The van der Waals surface area contributed by atoms with Gasteiger partial charge in [0.25, 0.3) is 0 Å². The monoisotopic (exact) mass is 275 g/mol. The third-order valence-corrected chi connectivity index (χ3v) is 2.93. The molecule has 0 radical (unpaired) electrons. The van der Waals surface area contributed by atoms with Gasteiger partial charge in [-0.15, -0.1) is 5.10 Å². The summed E-state index contributed by atoms with van der Waals surface area (Å²) in [5.41, 5.74) is 2.53. The van der Waals surface area contributed by atoms with E-state index in [4.69, 9.17) is 5.11 Å². The number of carboxylic acid groups (broad SMARTS) is 1. The van der Waals surface area contributed by atoms with Crippen LogP contribution in [0.5, 0.6) is 0 Å². The van der Waals surface area contributed by atoms with Crippen LogP contribution in [-0.2, 0) is 13.0 Å². The molecule has 1 unspecified atom stereocenters. The first-order valence-electron chi connectivity index (χ1n) is 6.36. The summed E-state index contributed by atoms with van der Waals surface area (Å²) >= 11 is 0. The lowest BCUT2D eigenvalue weighted by molar-refractivity contribution is 0.0689. The largest absolute Gasteiger partial charge is 0.476 e. The molecule has 0 fully saturated rings. The minimum absolute atomic E-state index is 0.0628. The molecule has 0 aliphatic carbocycles. The number of hydrogen-bond donors (Lipinski definition) is 2. The molecule has 6 nitrogen and oxygen atoms in total. The van der Waals surface area contributed by atoms with E-state index in [1.807, 2.05) is 31.2 Å². The summed E-state index contributed by atoms with van der Waals surface area (Å²) < 4.78 is 1.45. The summed E-state index contributed by atoms with van der Waals surface area (Å²) in [6.07, 6.45) is -0.196. The molecule has 1 atom stereocenters. The smallest absolute Gasteiger partial charge is 0.358 e. The van der Waals surface area contributed by atoms with E-state index in [1.54, 1.807) is 6.92 Å². The van der Waals surface area contributed by atoms with Crippen LogP contribution in [0, 0.1) is 6.92 Å². The minimum atomic E-state index is -1.11. The molecular weight excluding hydrogens is 258 g/mol. The second kappa shape index (κ2) is 5.83. The second-order valence-electron chi connectivity index (χ2n) is 4.89. The number of carboxylic acids is 1. The number of hydrogen-bond acceptors (Lipinski definition) is 4. The van der Waals surface area contributed by atoms with Crippen molar-refractivity contribution in [3.63, 3.8) is 0 Å². The SMILES string of the molecule is Cc1cccc(Cc2c(C(=O)O)nnn2CC(C)O)c1. The van der Waals surface area contributed by atoms with Crippen LogP contribution < -0.4 is 0 Å². The van der Waals surface area contributed by atoms with Crippen LogP contribution in [0.2, 0.25) is 0 Å². The lowest BCUT2D eigenvalue weighted by Gasteiger charge is -2.09. The van der Waals surface area contributed by atoms with Crippen molar-refractivity contribution in [3.8, 4) is 0 Å². The third kappa shape index (κ3) is 3.21. The van der Waals surface area contributed by atoms with Gasteiger partial charge in [-0.25, -0.2) is 9.48 Å². The molecule has 6 heteroatoms. The van der Waals surface area contributed by atoms with Crippen molar-refractivity contribution in [2.24, 2.45) is 0 Å². The van der Waals surface area contributed by atoms with Gasteiger partial charge in [-0.3, -0.25) is 0 Å². The Kier molecular flexibility index (Phi) is 4.14. The summed E-state index contributed by atoms with van der Waals surface area (Å²) in [7, 11) is 0. The molecule has 2 aromatic rings. The van der Waals surface area contributed by atoms with Gasteiger partial charge >= 0.3 is 5.97 Å². The highest BCUT2D eigenvalue weighted by Crippen LogP contribution is 2.14. The highest BCUT2D eigenvalue weighted by atomic mass is 16.4. The Morgan fingerprint density at radius 2 is 2.20 bits per heavy atom. The molecule has 0 amide bonds. The van der Waals surface area contributed by atoms with Crippen LogP contribution in [0.4, 0.5) is 0 Å². The van der Waals surface area contributed by atoms with Gasteiger partial charge in [-0.05, 0) is 19.4 Å². The van der Waals surface area contributed by atoms with Gasteiger partial charge in [0.05, 0.1) is 18.3 Å². The van der Waals surface area contributed by atoms with Gasteiger partial charge in [-0.1, -0.05) is 35.0 Å². The van der Waals surface area contributed by atoms with Crippen molar-refractivity contribution in [3.05, 3.63) is 46.8 Å². The van der Waals surface area contributed by atoms with E-state index < -0.39 is 12.1 Å². The first kappa shape index (κ1) is 14.2. The van der Waals surface area contributed by atoms with Gasteiger partial charge in [0.2, 0.25) is 0 Å². The molecule has 1 aromatic heterocycles. The molecule has 0 saturated heterocycles. The lowest BCUT2D eigenvalue weighted by Crippen LogP contribution is -2.16. The number of aromatic nitrogens is 3. The normalized spacial score (nSPS) is 12.3. The summed E-state index contributed by atoms with van der Waals surface area (Å²) in [6, 6.07) is 7.82. The molecule has 0 saturated carbocycles. The first-order valence-corrected chi connectivity index (χ1v) is 6.36. The van der Waals surface area contributed by atoms with Crippen molar-refractivity contribution in [2.45, 2.75) is 32.9 Å². The van der Waals surface area contributed by atoms with E-state index in [9.17, 15) is 9.90 Å². The molecule has 0 bridgehead atoms. The maximum atomic E-state index is 11.2. The zero-order valence-electron chi connectivity index (χ0n) is 11.4. The van der Waals surface area contributed by atoms with E-state index in [-0.39, 0.29) is 12.2 Å². The van der Waals surface area contributed by atoms with Gasteiger partial charge in [0, 0.05) is 6.42 Å². The van der Waals surface area contributed by atoms with Crippen molar-refractivity contribution >= 4 is 5.97 Å². The third-order valence-electron chi connectivity index (χ3n) is 2.93. The average Bonchev–Trinajstić information content (AvgIpc) is 2.72. The van der Waals surface area contributed by atoms with Gasteiger partial charge < -0.3 is 10.2 Å². The summed E-state index contributed by atoms with van der Waals surface area (Å²) in [5.74, 6) is -1.11. The molecule has 20 heavy (non-hydrogen) atoms. The molecule has 106 valence electrons. The Labute approximate surface area is 116 Å². The van der Waals surface area contributed by atoms with Crippen molar-refractivity contribution in [2.75, 3.05) is 0 Å². The number of aliphatic hydroxyl groups excluding tert-OH is 1. The maximum Gasteiger partial charge on any atom is 0.358 e. The Hall–Kier alpha value is -2.21.